The molecule has 0 aromatic carbocycles. The molecule has 0 spiro atoms. The van der Waals surface area contributed by atoms with Crippen LogP contribution in [0.1, 0.15) is 42.4 Å². The van der Waals surface area contributed by atoms with Crippen molar-refractivity contribution in [2.45, 2.75) is 38.5 Å². The Morgan fingerprint density at radius 3 is 2.88 bits per heavy atom. The topological polar surface area (TPSA) is 37.8 Å². The van der Waals surface area contributed by atoms with Crippen molar-refractivity contribution < 1.29 is 0 Å². The van der Waals surface area contributed by atoms with E-state index in [-0.39, 0.29) is 0 Å². The van der Waals surface area contributed by atoms with Gasteiger partial charge in [0, 0.05) is 17.3 Å². The van der Waals surface area contributed by atoms with Gasteiger partial charge in [-0.3, -0.25) is 0 Å². The normalized spacial score (nSPS) is 24.9. The number of rotatable bonds is 3. The van der Waals surface area contributed by atoms with Gasteiger partial charge in [0.05, 0.1) is 0 Å². The molecule has 0 bridgehead atoms. The van der Waals surface area contributed by atoms with Gasteiger partial charge >= 0.3 is 0 Å². The molecule has 1 N–H and O–H groups in total. The number of hydrogen-bond donors (Lipinski definition) is 1. The average molecular weight is 217 g/mol. The fraction of sp³-hybridized carbons (Fsp3) is 0.692. The minimum absolute atomic E-state index is 0.738. The van der Waals surface area contributed by atoms with Gasteiger partial charge in [0.25, 0.3) is 0 Å². The molecule has 1 aliphatic carbocycles. The Morgan fingerprint density at radius 2 is 2.19 bits per heavy atom. The summed E-state index contributed by atoms with van der Waals surface area (Å²) >= 11 is 0. The smallest absolute Gasteiger partial charge is 0.125 e. The number of aryl methyl sites for hydroxylation is 1. The Balaban J connectivity index is 1.76. The number of aromatic nitrogens is 2. The van der Waals surface area contributed by atoms with Crippen LogP contribution in [0.25, 0.3) is 0 Å². The van der Waals surface area contributed by atoms with Gasteiger partial charge in [-0.1, -0.05) is 0 Å². The number of hydrogen-bond acceptors (Lipinski definition) is 3. The molecule has 1 aromatic heterocycles. The van der Waals surface area contributed by atoms with Crippen LogP contribution in [0, 0.1) is 12.8 Å². The predicted molar refractivity (Wildman–Crippen MR) is 63.4 cm³/mol. The van der Waals surface area contributed by atoms with Crippen LogP contribution in [0.5, 0.6) is 0 Å². The van der Waals surface area contributed by atoms with E-state index in [1.807, 2.05) is 6.92 Å². The molecule has 1 aromatic rings. The van der Waals surface area contributed by atoms with Crippen molar-refractivity contribution in [2.24, 2.45) is 5.92 Å². The zero-order valence-corrected chi connectivity index (χ0v) is 9.87. The van der Waals surface area contributed by atoms with E-state index < -0.39 is 0 Å². The molecule has 3 rings (SSSR count). The van der Waals surface area contributed by atoms with Crippen molar-refractivity contribution in [3.63, 3.8) is 0 Å². The van der Waals surface area contributed by atoms with Crippen molar-refractivity contribution in [3.8, 4) is 0 Å². The van der Waals surface area contributed by atoms with Crippen LogP contribution >= 0.6 is 0 Å². The first kappa shape index (κ1) is 10.2. The van der Waals surface area contributed by atoms with Gasteiger partial charge < -0.3 is 5.32 Å². The van der Waals surface area contributed by atoms with Crippen LogP contribution in [-0.4, -0.2) is 23.1 Å². The number of nitrogens with zero attached hydrogens (tertiary/aromatic N) is 2. The SMILES string of the molecule is Cc1nc(CC2CCNC2)cc(C2CC2)n1. The van der Waals surface area contributed by atoms with Gasteiger partial charge in [-0.25, -0.2) is 9.97 Å². The molecule has 2 aliphatic rings. The Labute approximate surface area is 96.7 Å². The number of nitrogens with one attached hydrogen (secondary N) is 1. The summed E-state index contributed by atoms with van der Waals surface area (Å²) < 4.78 is 0. The van der Waals surface area contributed by atoms with Crippen LogP contribution in [-0.2, 0) is 6.42 Å². The summed E-state index contributed by atoms with van der Waals surface area (Å²) in [6.45, 7) is 4.34. The van der Waals surface area contributed by atoms with Crippen molar-refractivity contribution in [1.29, 1.82) is 0 Å². The summed E-state index contributed by atoms with van der Waals surface area (Å²) in [5.74, 6) is 2.47. The first-order valence-electron chi connectivity index (χ1n) is 6.36. The van der Waals surface area contributed by atoms with Gasteiger partial charge in [0.1, 0.15) is 5.82 Å². The molecule has 1 saturated carbocycles. The lowest BCUT2D eigenvalue weighted by atomic mass is 10.0. The van der Waals surface area contributed by atoms with Crippen LogP contribution in [0.2, 0.25) is 0 Å². The summed E-state index contributed by atoms with van der Waals surface area (Å²) in [5, 5.41) is 3.41. The zero-order valence-electron chi connectivity index (χ0n) is 9.87. The van der Waals surface area contributed by atoms with Gasteiger partial charge in [-0.15, -0.1) is 0 Å². The van der Waals surface area contributed by atoms with Crippen LogP contribution in [0.15, 0.2) is 6.07 Å². The van der Waals surface area contributed by atoms with E-state index in [2.05, 4.69) is 21.4 Å². The third kappa shape index (κ3) is 2.24. The molecular weight excluding hydrogens is 198 g/mol. The summed E-state index contributed by atoms with van der Waals surface area (Å²) in [5.41, 5.74) is 2.54. The molecule has 3 heteroatoms. The lowest BCUT2D eigenvalue weighted by Crippen LogP contribution is -2.12. The highest BCUT2D eigenvalue weighted by Gasteiger charge is 2.26. The first-order chi connectivity index (χ1) is 7.81. The maximum atomic E-state index is 4.57. The van der Waals surface area contributed by atoms with Crippen LogP contribution in [0.4, 0.5) is 0 Å². The third-order valence-corrected chi connectivity index (χ3v) is 3.57. The predicted octanol–water partition coefficient (Wildman–Crippen LogP) is 1.81. The third-order valence-electron chi connectivity index (χ3n) is 3.57. The van der Waals surface area contributed by atoms with Gasteiger partial charge in [0.2, 0.25) is 0 Å². The van der Waals surface area contributed by atoms with Crippen LogP contribution in [0.3, 0.4) is 0 Å². The molecule has 2 fully saturated rings. The summed E-state index contributed by atoms with van der Waals surface area (Å²) in [6.07, 6.45) is 5.06. The largest absolute Gasteiger partial charge is 0.316 e. The van der Waals surface area contributed by atoms with Crippen LogP contribution < -0.4 is 5.32 Å². The minimum Gasteiger partial charge on any atom is -0.316 e. The molecular formula is C13H19N3. The van der Waals surface area contributed by atoms with Crippen molar-refractivity contribution >= 4 is 0 Å². The Bertz CT molecular complexity index is 379. The molecule has 1 aliphatic heterocycles. The molecule has 86 valence electrons. The summed E-state index contributed by atoms with van der Waals surface area (Å²) in [6, 6.07) is 2.24. The lowest BCUT2D eigenvalue weighted by Gasteiger charge is -2.09. The lowest BCUT2D eigenvalue weighted by molar-refractivity contribution is 0.569. The zero-order chi connectivity index (χ0) is 11.0. The summed E-state index contributed by atoms with van der Waals surface area (Å²) in [7, 11) is 0. The van der Waals surface area contributed by atoms with E-state index in [0.717, 1.165) is 30.6 Å². The van der Waals surface area contributed by atoms with Gasteiger partial charge in [0.15, 0.2) is 0 Å². The fourth-order valence-electron chi connectivity index (χ4n) is 2.53. The molecule has 3 nitrogen and oxygen atoms in total. The van der Waals surface area contributed by atoms with Gasteiger partial charge in [-0.05, 0) is 57.7 Å². The Hall–Kier alpha value is -0.960. The van der Waals surface area contributed by atoms with E-state index in [4.69, 9.17) is 0 Å². The highest BCUT2D eigenvalue weighted by molar-refractivity contribution is 5.19. The quantitative estimate of drug-likeness (QED) is 0.839. The second kappa shape index (κ2) is 4.13. The van der Waals surface area contributed by atoms with E-state index in [9.17, 15) is 0 Å². The van der Waals surface area contributed by atoms with E-state index >= 15 is 0 Å². The second-order valence-corrected chi connectivity index (χ2v) is 5.17. The highest BCUT2D eigenvalue weighted by Crippen LogP contribution is 2.39. The van der Waals surface area contributed by atoms with Crippen molar-refractivity contribution in [2.75, 3.05) is 13.1 Å². The molecule has 1 atom stereocenters. The Kier molecular flexibility index (Phi) is 2.64. The van der Waals surface area contributed by atoms with E-state index in [1.54, 1.807) is 0 Å². The van der Waals surface area contributed by atoms with Crippen molar-refractivity contribution in [3.05, 3.63) is 23.3 Å². The molecule has 0 amide bonds. The second-order valence-electron chi connectivity index (χ2n) is 5.17. The average Bonchev–Trinajstić information content (AvgIpc) is 2.98. The maximum Gasteiger partial charge on any atom is 0.125 e. The molecule has 1 unspecified atom stereocenters. The fourth-order valence-corrected chi connectivity index (χ4v) is 2.53. The maximum absolute atomic E-state index is 4.57. The van der Waals surface area contributed by atoms with Gasteiger partial charge in [-0.2, -0.15) is 0 Å². The monoisotopic (exact) mass is 217 g/mol. The first-order valence-corrected chi connectivity index (χ1v) is 6.36. The Morgan fingerprint density at radius 1 is 1.31 bits per heavy atom. The minimum atomic E-state index is 0.738. The molecule has 0 radical (unpaired) electrons. The van der Waals surface area contributed by atoms with E-state index in [1.165, 1.54) is 37.2 Å². The molecule has 16 heavy (non-hydrogen) atoms. The van der Waals surface area contributed by atoms with Crippen molar-refractivity contribution in [1.82, 2.24) is 15.3 Å². The standard InChI is InChI=1S/C13H19N3/c1-9-15-12(6-10-4-5-14-8-10)7-13(16-9)11-2-3-11/h7,10-11,14H,2-6,8H2,1H3. The summed E-state index contributed by atoms with van der Waals surface area (Å²) in [4.78, 5) is 9.11. The molecule has 1 saturated heterocycles. The molecule has 2 heterocycles. The van der Waals surface area contributed by atoms with E-state index in [0.29, 0.717) is 0 Å². The highest BCUT2D eigenvalue weighted by atomic mass is 14.9.